The summed E-state index contributed by atoms with van der Waals surface area (Å²) in [4.78, 5) is 0. The monoisotopic (exact) mass is 323 g/mol. The van der Waals surface area contributed by atoms with E-state index in [4.69, 9.17) is 9.47 Å². The van der Waals surface area contributed by atoms with Gasteiger partial charge in [-0.05, 0) is 43.7 Å². The number of hydrogen-bond donors (Lipinski definition) is 1. The first-order chi connectivity index (χ1) is 10.2. The van der Waals surface area contributed by atoms with Crippen molar-refractivity contribution in [2.45, 2.75) is 32.9 Å². The van der Waals surface area contributed by atoms with Crippen molar-refractivity contribution in [1.29, 1.82) is 0 Å². The Morgan fingerprint density at radius 2 is 1.86 bits per heavy atom. The highest BCUT2D eigenvalue weighted by atomic mass is 35.5. The van der Waals surface area contributed by atoms with Gasteiger partial charge < -0.3 is 14.8 Å². The van der Waals surface area contributed by atoms with Crippen molar-refractivity contribution < 1.29 is 9.47 Å². The molecule has 22 heavy (non-hydrogen) atoms. The maximum Gasteiger partial charge on any atom is 0.123 e. The molecule has 0 aliphatic carbocycles. The van der Waals surface area contributed by atoms with Crippen LogP contribution in [0, 0.1) is 0 Å². The zero-order valence-corrected chi connectivity index (χ0v) is 14.4. The third-order valence-electron chi connectivity index (χ3n) is 3.47. The van der Waals surface area contributed by atoms with E-state index < -0.39 is 0 Å². The quantitative estimate of drug-likeness (QED) is 0.739. The van der Waals surface area contributed by atoms with Crippen LogP contribution >= 0.6 is 12.4 Å². The Kier molecular flexibility index (Phi) is 8.25. The van der Waals surface area contributed by atoms with Gasteiger partial charge in [0.15, 0.2) is 0 Å². The molecule has 122 valence electrons. The summed E-state index contributed by atoms with van der Waals surface area (Å²) in [6, 6.07) is 12.6. The molecule has 0 spiro atoms. The number of nitrogens with one attached hydrogen (secondary N) is 1. The second-order valence-corrected chi connectivity index (χ2v) is 5.42. The van der Waals surface area contributed by atoms with Crippen LogP contribution in [0.1, 0.15) is 25.8 Å². The van der Waals surface area contributed by atoms with Gasteiger partial charge in [-0.3, -0.25) is 0 Å². The van der Waals surface area contributed by atoms with Crippen molar-refractivity contribution in [2.75, 3.05) is 20.3 Å². The molecule has 0 atom stereocenters. The summed E-state index contributed by atoms with van der Waals surface area (Å²) in [5, 5.41) is 5.98. The van der Waals surface area contributed by atoms with Gasteiger partial charge in [-0.1, -0.05) is 30.3 Å². The Bertz CT molecular complexity index is 572. The minimum Gasteiger partial charge on any atom is -0.496 e. The van der Waals surface area contributed by atoms with Crippen LogP contribution in [0.25, 0.3) is 10.8 Å². The number of methoxy groups -OCH3 is 1. The fourth-order valence-corrected chi connectivity index (χ4v) is 2.42. The molecule has 0 aliphatic rings. The molecular formula is C18H26ClNO2. The van der Waals surface area contributed by atoms with Crippen molar-refractivity contribution in [2.24, 2.45) is 0 Å². The van der Waals surface area contributed by atoms with E-state index in [1.54, 1.807) is 7.11 Å². The van der Waals surface area contributed by atoms with Crippen LogP contribution in [0.15, 0.2) is 36.4 Å². The lowest BCUT2D eigenvalue weighted by atomic mass is 10.0. The van der Waals surface area contributed by atoms with Gasteiger partial charge in [-0.15, -0.1) is 12.4 Å². The zero-order valence-electron chi connectivity index (χ0n) is 13.6. The maximum atomic E-state index is 5.54. The van der Waals surface area contributed by atoms with E-state index in [2.05, 4.69) is 49.5 Å². The fourth-order valence-electron chi connectivity index (χ4n) is 2.42. The van der Waals surface area contributed by atoms with E-state index in [0.29, 0.717) is 6.10 Å². The molecule has 0 aliphatic heterocycles. The van der Waals surface area contributed by atoms with Crippen molar-refractivity contribution in [3.05, 3.63) is 42.0 Å². The highest BCUT2D eigenvalue weighted by molar-refractivity contribution is 5.87. The Labute approximate surface area is 139 Å². The number of rotatable bonds is 8. The normalized spacial score (nSPS) is 10.7. The molecule has 3 nitrogen and oxygen atoms in total. The number of halogens is 1. The van der Waals surface area contributed by atoms with Gasteiger partial charge in [-0.2, -0.15) is 0 Å². The summed E-state index contributed by atoms with van der Waals surface area (Å²) in [5.41, 5.74) is 1.22. The van der Waals surface area contributed by atoms with E-state index >= 15 is 0 Å². The summed E-state index contributed by atoms with van der Waals surface area (Å²) < 4.78 is 11.0. The van der Waals surface area contributed by atoms with Gasteiger partial charge in [-0.25, -0.2) is 0 Å². The van der Waals surface area contributed by atoms with E-state index in [-0.39, 0.29) is 12.4 Å². The molecule has 4 heteroatoms. The molecule has 2 aromatic carbocycles. The van der Waals surface area contributed by atoms with Gasteiger partial charge in [0.05, 0.1) is 13.2 Å². The Hall–Kier alpha value is -1.29. The Balaban J connectivity index is 0.00000242. The van der Waals surface area contributed by atoms with E-state index in [0.717, 1.165) is 31.9 Å². The molecule has 0 bridgehead atoms. The standard InChI is InChI=1S/C18H25NO2.ClH/c1-14(2)21-12-6-11-19-13-17-16-8-5-4-7-15(16)9-10-18(17)20-3;/h4-5,7-10,14,19H,6,11-13H2,1-3H3;1H. The lowest BCUT2D eigenvalue weighted by Gasteiger charge is -2.13. The second-order valence-electron chi connectivity index (χ2n) is 5.42. The first-order valence-corrected chi connectivity index (χ1v) is 7.59. The van der Waals surface area contributed by atoms with Gasteiger partial charge in [0.1, 0.15) is 5.75 Å². The number of fused-ring (bicyclic) bond motifs is 1. The van der Waals surface area contributed by atoms with Gasteiger partial charge in [0.25, 0.3) is 0 Å². The number of ether oxygens (including phenoxy) is 2. The minimum absolute atomic E-state index is 0. The fraction of sp³-hybridized carbons (Fsp3) is 0.444. The van der Waals surface area contributed by atoms with Crippen molar-refractivity contribution in [1.82, 2.24) is 5.32 Å². The largest absolute Gasteiger partial charge is 0.496 e. The molecule has 1 N–H and O–H groups in total. The van der Waals surface area contributed by atoms with Gasteiger partial charge in [0, 0.05) is 18.7 Å². The average molecular weight is 324 g/mol. The second kappa shape index (κ2) is 9.67. The van der Waals surface area contributed by atoms with E-state index in [9.17, 15) is 0 Å². The molecule has 0 saturated heterocycles. The van der Waals surface area contributed by atoms with Crippen LogP contribution in [0.2, 0.25) is 0 Å². The lowest BCUT2D eigenvalue weighted by Crippen LogP contribution is -2.18. The van der Waals surface area contributed by atoms with Crippen LogP contribution in [0.3, 0.4) is 0 Å². The topological polar surface area (TPSA) is 30.5 Å². The molecule has 0 radical (unpaired) electrons. The molecular weight excluding hydrogens is 298 g/mol. The molecule has 0 fully saturated rings. The third kappa shape index (κ3) is 5.16. The summed E-state index contributed by atoms with van der Waals surface area (Å²) >= 11 is 0. The first-order valence-electron chi connectivity index (χ1n) is 7.59. The first kappa shape index (κ1) is 18.8. The van der Waals surface area contributed by atoms with E-state index in [1.165, 1.54) is 16.3 Å². The smallest absolute Gasteiger partial charge is 0.123 e. The van der Waals surface area contributed by atoms with Crippen molar-refractivity contribution in [3.63, 3.8) is 0 Å². The minimum atomic E-state index is 0. The van der Waals surface area contributed by atoms with Crippen LogP contribution in [-0.2, 0) is 11.3 Å². The molecule has 2 aromatic rings. The lowest BCUT2D eigenvalue weighted by molar-refractivity contribution is 0.0770. The van der Waals surface area contributed by atoms with Gasteiger partial charge in [0.2, 0.25) is 0 Å². The Morgan fingerprint density at radius 1 is 1.09 bits per heavy atom. The highest BCUT2D eigenvalue weighted by Gasteiger charge is 2.07. The van der Waals surface area contributed by atoms with Crippen LogP contribution < -0.4 is 10.1 Å². The third-order valence-corrected chi connectivity index (χ3v) is 3.47. The summed E-state index contributed by atoms with van der Waals surface area (Å²) in [7, 11) is 1.73. The predicted molar refractivity (Wildman–Crippen MR) is 95.2 cm³/mol. The van der Waals surface area contributed by atoms with Crippen LogP contribution in [0.4, 0.5) is 0 Å². The van der Waals surface area contributed by atoms with Crippen LogP contribution in [-0.4, -0.2) is 26.4 Å². The zero-order chi connectivity index (χ0) is 15.1. The summed E-state index contributed by atoms with van der Waals surface area (Å²) in [6.07, 6.45) is 1.33. The van der Waals surface area contributed by atoms with Crippen molar-refractivity contribution in [3.8, 4) is 5.75 Å². The molecule has 0 unspecified atom stereocenters. The number of benzene rings is 2. The van der Waals surface area contributed by atoms with E-state index in [1.807, 2.05) is 6.07 Å². The molecule has 2 rings (SSSR count). The molecule has 0 saturated carbocycles. The molecule has 0 amide bonds. The van der Waals surface area contributed by atoms with Crippen LogP contribution in [0.5, 0.6) is 5.75 Å². The average Bonchev–Trinajstić information content (AvgIpc) is 2.50. The summed E-state index contributed by atoms with van der Waals surface area (Å²) in [5.74, 6) is 0.944. The molecule has 0 heterocycles. The maximum absolute atomic E-state index is 5.54. The van der Waals surface area contributed by atoms with Gasteiger partial charge >= 0.3 is 0 Å². The predicted octanol–water partition coefficient (Wildman–Crippen LogP) is 4.17. The SMILES string of the molecule is COc1ccc2ccccc2c1CNCCCOC(C)C.Cl. The number of hydrogen-bond acceptors (Lipinski definition) is 3. The summed E-state index contributed by atoms with van der Waals surface area (Å²) in [6.45, 7) is 6.69. The highest BCUT2D eigenvalue weighted by Crippen LogP contribution is 2.27. The van der Waals surface area contributed by atoms with Crippen molar-refractivity contribution >= 4 is 23.2 Å². The Morgan fingerprint density at radius 3 is 2.59 bits per heavy atom. The molecule has 0 aromatic heterocycles.